The van der Waals surface area contributed by atoms with Gasteiger partial charge in [-0.2, -0.15) is 0 Å². The Balaban J connectivity index is 2.70. The zero-order valence-electron chi connectivity index (χ0n) is 9.57. The number of nitrogens with zero attached hydrogens (tertiary/aromatic N) is 3. The van der Waals surface area contributed by atoms with E-state index in [1.54, 1.807) is 7.11 Å². The van der Waals surface area contributed by atoms with Gasteiger partial charge in [0.25, 0.3) is 0 Å². The van der Waals surface area contributed by atoms with Gasteiger partial charge in [0.2, 0.25) is 0 Å². The maximum absolute atomic E-state index is 5.61. The summed E-state index contributed by atoms with van der Waals surface area (Å²) < 4.78 is 7.01. The van der Waals surface area contributed by atoms with Gasteiger partial charge < -0.3 is 10.5 Å². The summed E-state index contributed by atoms with van der Waals surface area (Å²) in [6.45, 7) is 4.22. The second kappa shape index (κ2) is 6.53. The molecule has 86 valence electrons. The van der Waals surface area contributed by atoms with Gasteiger partial charge in [0.15, 0.2) is 0 Å². The van der Waals surface area contributed by atoms with Gasteiger partial charge >= 0.3 is 0 Å². The summed E-state index contributed by atoms with van der Waals surface area (Å²) in [6, 6.07) is 0. The lowest BCUT2D eigenvalue weighted by atomic mass is 10.2. The fourth-order valence-corrected chi connectivity index (χ4v) is 1.49. The Morgan fingerprint density at radius 3 is 2.87 bits per heavy atom. The van der Waals surface area contributed by atoms with Gasteiger partial charge in [-0.05, 0) is 6.42 Å². The summed E-state index contributed by atoms with van der Waals surface area (Å²) in [4.78, 5) is 0. The van der Waals surface area contributed by atoms with Crippen LogP contribution in [0, 0.1) is 0 Å². The van der Waals surface area contributed by atoms with Crippen molar-refractivity contribution in [2.45, 2.75) is 39.3 Å². The molecule has 0 saturated heterocycles. The molecule has 1 rings (SSSR count). The number of hydrogen-bond acceptors (Lipinski definition) is 4. The molecule has 0 unspecified atom stereocenters. The van der Waals surface area contributed by atoms with Crippen molar-refractivity contribution in [2.75, 3.05) is 13.7 Å². The largest absolute Gasteiger partial charge is 0.384 e. The fraction of sp³-hybridized carbons (Fsp3) is 0.800. The molecule has 0 saturated carbocycles. The van der Waals surface area contributed by atoms with Gasteiger partial charge in [-0.1, -0.05) is 18.6 Å². The van der Waals surface area contributed by atoms with Crippen molar-refractivity contribution >= 4 is 0 Å². The van der Waals surface area contributed by atoms with E-state index in [0.717, 1.165) is 37.2 Å². The highest BCUT2D eigenvalue weighted by Gasteiger charge is 2.10. The molecule has 0 fully saturated rings. The third-order valence-corrected chi connectivity index (χ3v) is 2.38. The Kier molecular flexibility index (Phi) is 5.28. The normalized spacial score (nSPS) is 10.9. The van der Waals surface area contributed by atoms with Crippen molar-refractivity contribution in [1.82, 2.24) is 15.0 Å². The maximum Gasteiger partial charge on any atom is 0.0995 e. The first-order valence-corrected chi connectivity index (χ1v) is 5.43. The van der Waals surface area contributed by atoms with Crippen LogP contribution in [0.2, 0.25) is 0 Å². The first-order chi connectivity index (χ1) is 7.33. The van der Waals surface area contributed by atoms with E-state index >= 15 is 0 Å². The molecule has 0 aliphatic heterocycles. The number of hydrogen-bond donors (Lipinski definition) is 1. The fourth-order valence-electron chi connectivity index (χ4n) is 1.49. The van der Waals surface area contributed by atoms with E-state index in [1.807, 2.05) is 4.68 Å². The number of rotatable bonds is 7. The van der Waals surface area contributed by atoms with Crippen LogP contribution in [0.5, 0.6) is 0 Å². The minimum Gasteiger partial charge on any atom is -0.384 e. The molecule has 0 amide bonds. The predicted octanol–water partition coefficient (Wildman–Crippen LogP) is 0.726. The number of unbranched alkanes of at least 4 members (excludes halogenated alkanes) is 1. The highest BCUT2D eigenvalue weighted by atomic mass is 16.5. The van der Waals surface area contributed by atoms with E-state index in [0.29, 0.717) is 13.2 Å². The molecule has 0 spiro atoms. The van der Waals surface area contributed by atoms with E-state index in [9.17, 15) is 0 Å². The van der Waals surface area contributed by atoms with Crippen molar-refractivity contribution in [3.63, 3.8) is 0 Å². The van der Waals surface area contributed by atoms with Gasteiger partial charge in [0, 0.05) is 26.6 Å². The summed E-state index contributed by atoms with van der Waals surface area (Å²) in [5.74, 6) is 0. The van der Waals surface area contributed by atoms with E-state index in [1.165, 1.54) is 0 Å². The number of ether oxygens (including phenoxy) is 1. The van der Waals surface area contributed by atoms with Crippen molar-refractivity contribution < 1.29 is 4.74 Å². The minimum absolute atomic E-state index is 0.450. The van der Waals surface area contributed by atoms with Crippen molar-refractivity contribution in [3.8, 4) is 0 Å². The van der Waals surface area contributed by atoms with E-state index < -0.39 is 0 Å². The van der Waals surface area contributed by atoms with Crippen LogP contribution in [0.4, 0.5) is 0 Å². The van der Waals surface area contributed by atoms with Crippen LogP contribution in [-0.2, 0) is 24.2 Å². The summed E-state index contributed by atoms with van der Waals surface area (Å²) in [5, 5.41) is 8.18. The van der Waals surface area contributed by atoms with Crippen molar-refractivity contribution in [2.24, 2.45) is 5.73 Å². The van der Waals surface area contributed by atoms with Crippen LogP contribution in [0.25, 0.3) is 0 Å². The Hall–Kier alpha value is -0.940. The first kappa shape index (κ1) is 12.1. The highest BCUT2D eigenvalue weighted by Crippen LogP contribution is 2.07. The average molecular weight is 212 g/mol. The third kappa shape index (κ3) is 3.28. The van der Waals surface area contributed by atoms with Crippen LogP contribution in [0.15, 0.2) is 0 Å². The maximum atomic E-state index is 5.61. The summed E-state index contributed by atoms with van der Waals surface area (Å²) in [6.07, 6.45) is 3.11. The molecule has 5 heteroatoms. The molecule has 15 heavy (non-hydrogen) atoms. The molecule has 1 aromatic rings. The lowest BCUT2D eigenvalue weighted by molar-refractivity contribution is 0.200. The Morgan fingerprint density at radius 2 is 2.27 bits per heavy atom. The minimum atomic E-state index is 0.450. The van der Waals surface area contributed by atoms with Crippen LogP contribution >= 0.6 is 0 Å². The van der Waals surface area contributed by atoms with Crippen LogP contribution in [0.1, 0.15) is 31.2 Å². The molecule has 0 radical (unpaired) electrons. The quantitative estimate of drug-likeness (QED) is 0.723. The van der Waals surface area contributed by atoms with Gasteiger partial charge in [0.05, 0.1) is 18.0 Å². The lowest BCUT2D eigenvalue weighted by Crippen LogP contribution is -2.10. The Bertz CT molecular complexity index is 285. The van der Waals surface area contributed by atoms with E-state index in [-0.39, 0.29) is 0 Å². The van der Waals surface area contributed by atoms with Gasteiger partial charge in [0.1, 0.15) is 0 Å². The average Bonchev–Trinajstić information content (AvgIpc) is 2.65. The van der Waals surface area contributed by atoms with Crippen LogP contribution in [-0.4, -0.2) is 28.7 Å². The number of aromatic nitrogens is 3. The second-order valence-corrected chi connectivity index (χ2v) is 3.51. The monoisotopic (exact) mass is 212 g/mol. The van der Waals surface area contributed by atoms with E-state index in [2.05, 4.69) is 17.2 Å². The molecular formula is C10H20N4O. The summed E-state index contributed by atoms with van der Waals surface area (Å²) in [7, 11) is 1.70. The van der Waals surface area contributed by atoms with E-state index in [4.69, 9.17) is 10.5 Å². The zero-order chi connectivity index (χ0) is 11.1. The molecule has 0 aromatic carbocycles. The summed E-state index contributed by atoms with van der Waals surface area (Å²) >= 11 is 0. The van der Waals surface area contributed by atoms with Crippen molar-refractivity contribution in [3.05, 3.63) is 11.4 Å². The molecule has 1 heterocycles. The van der Waals surface area contributed by atoms with Gasteiger partial charge in [-0.3, -0.25) is 0 Å². The van der Waals surface area contributed by atoms with Crippen LogP contribution < -0.4 is 5.73 Å². The van der Waals surface area contributed by atoms with Gasteiger partial charge in [-0.25, -0.2) is 4.68 Å². The molecule has 1 aromatic heterocycles. The van der Waals surface area contributed by atoms with Crippen LogP contribution in [0.3, 0.4) is 0 Å². The Morgan fingerprint density at radius 1 is 1.47 bits per heavy atom. The smallest absolute Gasteiger partial charge is 0.0995 e. The topological polar surface area (TPSA) is 66.0 Å². The highest BCUT2D eigenvalue weighted by molar-refractivity contribution is 5.10. The van der Waals surface area contributed by atoms with Gasteiger partial charge in [-0.15, -0.1) is 5.10 Å². The first-order valence-electron chi connectivity index (χ1n) is 5.43. The molecule has 0 aliphatic rings. The summed E-state index contributed by atoms with van der Waals surface area (Å²) in [5.41, 5.74) is 7.62. The molecule has 0 bridgehead atoms. The SMILES string of the molecule is CCCCn1nnc(CN)c1CCOC. The number of methoxy groups -OCH3 is 1. The second-order valence-electron chi connectivity index (χ2n) is 3.51. The van der Waals surface area contributed by atoms with Crippen molar-refractivity contribution in [1.29, 1.82) is 0 Å². The third-order valence-electron chi connectivity index (χ3n) is 2.38. The lowest BCUT2D eigenvalue weighted by Gasteiger charge is -2.06. The molecule has 2 N–H and O–H groups in total. The molecule has 5 nitrogen and oxygen atoms in total. The Labute approximate surface area is 90.6 Å². The molecule has 0 aliphatic carbocycles. The number of nitrogens with two attached hydrogens (primary N) is 1. The number of aryl methyl sites for hydroxylation is 1. The predicted molar refractivity (Wildman–Crippen MR) is 58.4 cm³/mol. The zero-order valence-corrected chi connectivity index (χ0v) is 9.57. The standard InChI is InChI=1S/C10H20N4O/c1-3-4-6-14-10(5-7-15-2)9(8-11)12-13-14/h3-8,11H2,1-2H3. The molecule has 0 atom stereocenters. The molecular weight excluding hydrogens is 192 g/mol.